The Morgan fingerprint density at radius 2 is 1.78 bits per heavy atom. The summed E-state index contributed by atoms with van der Waals surface area (Å²) in [5.74, 6) is -1.10. The van der Waals surface area contributed by atoms with Crippen LogP contribution in [0.1, 0.15) is 24.2 Å². The number of hydrogen-bond acceptors (Lipinski definition) is 5. The highest BCUT2D eigenvalue weighted by atomic mass is 16.5. The Labute approximate surface area is 156 Å². The highest BCUT2D eigenvalue weighted by Crippen LogP contribution is 2.20. The number of carbonyl (C=O) groups is 3. The summed E-state index contributed by atoms with van der Waals surface area (Å²) in [5.41, 5.74) is 0.875. The second kappa shape index (κ2) is 7.90. The molecule has 1 aliphatic rings. The molecule has 1 heterocycles. The minimum atomic E-state index is -0.561. The largest absolute Gasteiger partial charge is 0.463 e. The highest BCUT2D eigenvalue weighted by Gasteiger charge is 2.30. The molecule has 0 spiro atoms. The molecule has 2 aromatic carbocycles. The van der Waals surface area contributed by atoms with E-state index in [0.29, 0.717) is 5.56 Å². The van der Waals surface area contributed by atoms with E-state index in [1.807, 2.05) is 30.3 Å². The molecule has 2 N–H and O–H groups in total. The van der Waals surface area contributed by atoms with Crippen molar-refractivity contribution >= 4 is 28.7 Å². The van der Waals surface area contributed by atoms with E-state index in [2.05, 4.69) is 10.6 Å². The molecular weight excluding hydrogens is 348 g/mol. The van der Waals surface area contributed by atoms with E-state index in [0.717, 1.165) is 10.8 Å². The van der Waals surface area contributed by atoms with Gasteiger partial charge < -0.3 is 20.1 Å². The topological polar surface area (TPSA) is 93.7 Å². The molecule has 27 heavy (non-hydrogen) atoms. The van der Waals surface area contributed by atoms with Crippen molar-refractivity contribution in [2.45, 2.75) is 19.9 Å². The number of carbonyl (C=O) groups excluding carboxylic acids is 3. The molecule has 0 unspecified atom stereocenters. The molecule has 0 saturated heterocycles. The fraction of sp³-hybridized carbons (Fsp3) is 0.250. The van der Waals surface area contributed by atoms with Crippen LogP contribution in [0.5, 0.6) is 0 Å². The van der Waals surface area contributed by atoms with Gasteiger partial charge in [-0.2, -0.15) is 0 Å². The van der Waals surface area contributed by atoms with Crippen LogP contribution in [-0.2, 0) is 14.3 Å². The number of hydrogen-bond donors (Lipinski definition) is 2. The van der Waals surface area contributed by atoms with E-state index in [4.69, 9.17) is 9.47 Å². The average Bonchev–Trinajstić information content (AvgIpc) is 2.65. The van der Waals surface area contributed by atoms with E-state index in [1.54, 1.807) is 26.0 Å². The highest BCUT2D eigenvalue weighted by molar-refractivity contribution is 6.04. The minimum absolute atomic E-state index is 0.200. The molecule has 0 aromatic heterocycles. The molecule has 0 aliphatic carbocycles. The lowest BCUT2D eigenvalue weighted by Gasteiger charge is -2.26. The Kier molecular flexibility index (Phi) is 5.40. The number of benzene rings is 2. The first-order valence-electron chi connectivity index (χ1n) is 8.63. The predicted octanol–water partition coefficient (Wildman–Crippen LogP) is 2.52. The Morgan fingerprint density at radius 1 is 1.04 bits per heavy atom. The second-order valence-electron chi connectivity index (χ2n) is 6.04. The Bertz CT molecular complexity index is 930. The van der Waals surface area contributed by atoms with Gasteiger partial charge >= 0.3 is 18.0 Å². The van der Waals surface area contributed by atoms with Gasteiger partial charge in [0.25, 0.3) is 0 Å². The molecule has 0 saturated carbocycles. The van der Waals surface area contributed by atoms with Crippen molar-refractivity contribution in [2.24, 2.45) is 0 Å². The van der Waals surface area contributed by atoms with Crippen molar-refractivity contribution in [3.8, 4) is 0 Å². The molecule has 2 aromatic rings. The van der Waals surface area contributed by atoms with Gasteiger partial charge in [0.05, 0.1) is 29.5 Å². The van der Waals surface area contributed by atoms with Crippen molar-refractivity contribution in [3.63, 3.8) is 0 Å². The van der Waals surface area contributed by atoms with E-state index >= 15 is 0 Å². The van der Waals surface area contributed by atoms with E-state index < -0.39 is 24.0 Å². The van der Waals surface area contributed by atoms with Crippen LogP contribution in [0.3, 0.4) is 0 Å². The maximum Gasteiger partial charge on any atom is 0.339 e. The van der Waals surface area contributed by atoms with Crippen molar-refractivity contribution in [2.75, 3.05) is 13.2 Å². The fourth-order valence-electron chi connectivity index (χ4n) is 3.01. The third kappa shape index (κ3) is 3.92. The number of fused-ring (bicyclic) bond motifs is 1. The Morgan fingerprint density at radius 3 is 2.56 bits per heavy atom. The molecule has 7 nitrogen and oxygen atoms in total. The van der Waals surface area contributed by atoms with Gasteiger partial charge in [-0.05, 0) is 30.7 Å². The van der Waals surface area contributed by atoms with E-state index in [9.17, 15) is 14.4 Å². The lowest BCUT2D eigenvalue weighted by molar-refractivity contribution is -0.139. The molecule has 7 heteroatoms. The van der Waals surface area contributed by atoms with Gasteiger partial charge in [0, 0.05) is 0 Å². The zero-order valence-electron chi connectivity index (χ0n) is 15.1. The van der Waals surface area contributed by atoms with Crippen LogP contribution >= 0.6 is 0 Å². The van der Waals surface area contributed by atoms with Crippen LogP contribution in [-0.4, -0.2) is 37.2 Å². The first kappa shape index (κ1) is 18.4. The number of rotatable bonds is 5. The molecule has 0 bridgehead atoms. The maximum atomic E-state index is 12.6. The molecule has 2 amide bonds. The number of amides is 2. The molecule has 0 fully saturated rings. The Hall–Kier alpha value is -3.35. The van der Waals surface area contributed by atoms with Gasteiger partial charge in [-0.1, -0.05) is 36.4 Å². The van der Waals surface area contributed by atoms with Crippen LogP contribution in [0, 0.1) is 0 Å². The lowest BCUT2D eigenvalue weighted by Crippen LogP contribution is -2.50. The number of nitrogens with one attached hydrogen (secondary N) is 2. The van der Waals surface area contributed by atoms with Crippen molar-refractivity contribution < 1.29 is 23.9 Å². The SMILES string of the molecule is CCOC(=O)C1=C(COC(=O)c2cccc3ccccc23)NC(=O)N[C@H]1C. The van der Waals surface area contributed by atoms with Gasteiger partial charge in [-0.25, -0.2) is 14.4 Å². The van der Waals surface area contributed by atoms with Crippen LogP contribution in [0.4, 0.5) is 4.79 Å². The average molecular weight is 368 g/mol. The second-order valence-corrected chi connectivity index (χ2v) is 6.04. The first-order valence-corrected chi connectivity index (χ1v) is 8.63. The monoisotopic (exact) mass is 368 g/mol. The summed E-state index contributed by atoms with van der Waals surface area (Å²) in [7, 11) is 0. The van der Waals surface area contributed by atoms with Gasteiger partial charge in [0.15, 0.2) is 0 Å². The smallest absolute Gasteiger partial charge is 0.339 e. The molecule has 0 radical (unpaired) electrons. The first-order chi connectivity index (χ1) is 13.0. The zero-order valence-corrected chi connectivity index (χ0v) is 15.1. The summed E-state index contributed by atoms with van der Waals surface area (Å²) in [6.45, 7) is 3.32. The van der Waals surface area contributed by atoms with Gasteiger partial charge in [0.1, 0.15) is 6.61 Å². The Balaban J connectivity index is 1.84. The van der Waals surface area contributed by atoms with Gasteiger partial charge in [-0.3, -0.25) is 0 Å². The summed E-state index contributed by atoms with van der Waals surface area (Å²) in [5, 5.41) is 6.81. The minimum Gasteiger partial charge on any atom is -0.463 e. The van der Waals surface area contributed by atoms with Crippen LogP contribution in [0.15, 0.2) is 53.7 Å². The third-order valence-corrected chi connectivity index (χ3v) is 4.22. The van der Waals surface area contributed by atoms with E-state index in [1.165, 1.54) is 0 Å². The summed E-state index contributed by atoms with van der Waals surface area (Å²) in [6, 6.07) is 11.8. The van der Waals surface area contributed by atoms with Crippen molar-refractivity contribution in [1.29, 1.82) is 0 Å². The van der Waals surface area contributed by atoms with Crippen LogP contribution in [0.2, 0.25) is 0 Å². The molecule has 3 rings (SSSR count). The van der Waals surface area contributed by atoms with Crippen molar-refractivity contribution in [1.82, 2.24) is 10.6 Å². The number of ether oxygens (including phenoxy) is 2. The summed E-state index contributed by atoms with van der Waals surface area (Å²) < 4.78 is 10.4. The van der Waals surface area contributed by atoms with Gasteiger partial charge in [-0.15, -0.1) is 0 Å². The summed E-state index contributed by atoms with van der Waals surface area (Å²) >= 11 is 0. The molecule has 1 atom stereocenters. The quantitative estimate of drug-likeness (QED) is 0.791. The molecule has 1 aliphatic heterocycles. The summed E-state index contributed by atoms with van der Waals surface area (Å²) in [6.07, 6.45) is 0. The van der Waals surface area contributed by atoms with Crippen LogP contribution in [0.25, 0.3) is 10.8 Å². The molecular formula is C20H20N2O5. The standard InChI is InChI=1S/C20H20N2O5/c1-3-26-19(24)17-12(2)21-20(25)22-16(17)11-27-18(23)15-10-6-8-13-7-4-5-9-14(13)15/h4-10,12H,3,11H2,1-2H3,(H2,21,22,25)/t12-/m0/s1. The summed E-state index contributed by atoms with van der Waals surface area (Å²) in [4.78, 5) is 36.5. The van der Waals surface area contributed by atoms with Crippen LogP contribution < -0.4 is 10.6 Å². The van der Waals surface area contributed by atoms with Crippen molar-refractivity contribution in [3.05, 3.63) is 59.3 Å². The molecule has 140 valence electrons. The predicted molar refractivity (Wildman–Crippen MR) is 99.0 cm³/mol. The maximum absolute atomic E-state index is 12.6. The number of esters is 2. The zero-order chi connectivity index (χ0) is 19.4. The normalized spacial score (nSPS) is 16.5. The van der Waals surface area contributed by atoms with Gasteiger partial charge in [0.2, 0.25) is 0 Å². The van der Waals surface area contributed by atoms with E-state index in [-0.39, 0.29) is 24.5 Å². The number of urea groups is 1. The third-order valence-electron chi connectivity index (χ3n) is 4.22. The lowest BCUT2D eigenvalue weighted by atomic mass is 10.0. The fourth-order valence-corrected chi connectivity index (χ4v) is 3.01.